The second-order valence-electron chi connectivity index (χ2n) is 6.96. The Morgan fingerprint density at radius 1 is 1.19 bits per heavy atom. The van der Waals surface area contributed by atoms with Crippen molar-refractivity contribution >= 4 is 23.8 Å². The molecule has 2 aliphatic heterocycles. The lowest BCUT2D eigenvalue weighted by atomic mass is 10.1. The van der Waals surface area contributed by atoms with E-state index in [0.717, 1.165) is 0 Å². The van der Waals surface area contributed by atoms with E-state index >= 15 is 0 Å². The Bertz CT molecular complexity index is 600. The molecule has 2 saturated heterocycles. The third-order valence-electron chi connectivity index (χ3n) is 4.98. The molecule has 0 bridgehead atoms. The minimum Gasteiger partial charge on any atom is -0.480 e. The summed E-state index contributed by atoms with van der Waals surface area (Å²) in [5.41, 5.74) is 10.9. The summed E-state index contributed by atoms with van der Waals surface area (Å²) in [5, 5.41) is 21.6. The van der Waals surface area contributed by atoms with Crippen molar-refractivity contribution in [1.82, 2.24) is 15.1 Å². The van der Waals surface area contributed by atoms with E-state index in [9.17, 15) is 29.4 Å². The van der Waals surface area contributed by atoms with Gasteiger partial charge in [0.2, 0.25) is 11.8 Å². The topological polar surface area (TPSA) is 179 Å². The van der Waals surface area contributed by atoms with Gasteiger partial charge in [0, 0.05) is 26.1 Å². The third-order valence-corrected chi connectivity index (χ3v) is 4.98. The summed E-state index contributed by atoms with van der Waals surface area (Å²) in [6.07, 6.45) is 0.849. The fraction of sp³-hybridized carbons (Fsp3) is 0.750. The van der Waals surface area contributed by atoms with Crippen molar-refractivity contribution in [1.29, 1.82) is 0 Å². The molecule has 7 N–H and O–H groups in total. The highest BCUT2D eigenvalue weighted by molar-refractivity contribution is 5.92. The smallest absolute Gasteiger partial charge is 0.326 e. The number of likely N-dealkylation sites (tertiary alicyclic amines) is 2. The van der Waals surface area contributed by atoms with Crippen molar-refractivity contribution in [3.8, 4) is 0 Å². The Hall–Kier alpha value is -2.40. The lowest BCUT2D eigenvalue weighted by molar-refractivity contribution is -0.152. The molecule has 2 rings (SSSR count). The number of aliphatic hydroxyl groups excluding tert-OH is 1. The minimum atomic E-state index is -1.07. The van der Waals surface area contributed by atoms with Crippen LogP contribution in [0.2, 0.25) is 0 Å². The number of rotatable bonds is 7. The molecule has 4 atom stereocenters. The van der Waals surface area contributed by atoms with Crippen molar-refractivity contribution in [3.63, 3.8) is 0 Å². The summed E-state index contributed by atoms with van der Waals surface area (Å²) in [7, 11) is 0. The van der Waals surface area contributed by atoms with Gasteiger partial charge in [-0.2, -0.15) is 0 Å². The Labute approximate surface area is 156 Å². The number of amides is 4. The molecule has 2 aliphatic rings. The highest BCUT2D eigenvalue weighted by Gasteiger charge is 2.45. The van der Waals surface area contributed by atoms with Gasteiger partial charge in [-0.15, -0.1) is 0 Å². The first-order chi connectivity index (χ1) is 12.7. The van der Waals surface area contributed by atoms with Crippen molar-refractivity contribution in [3.05, 3.63) is 0 Å². The first-order valence-corrected chi connectivity index (χ1v) is 9.03. The predicted molar refractivity (Wildman–Crippen MR) is 93.3 cm³/mol. The second-order valence-corrected chi connectivity index (χ2v) is 6.96. The molecule has 11 heteroatoms. The number of hydrogen-bond acceptors (Lipinski definition) is 6. The van der Waals surface area contributed by atoms with Gasteiger partial charge >= 0.3 is 12.0 Å². The van der Waals surface area contributed by atoms with Gasteiger partial charge < -0.3 is 36.8 Å². The summed E-state index contributed by atoms with van der Waals surface area (Å²) in [5.74, 6) is -2.02. The average molecular weight is 385 g/mol. The highest BCUT2D eigenvalue weighted by atomic mass is 16.4. The van der Waals surface area contributed by atoms with E-state index in [0.29, 0.717) is 25.8 Å². The van der Waals surface area contributed by atoms with Crippen LogP contribution in [0.3, 0.4) is 0 Å². The number of β-amino-alcohol motifs (C(OH)–C–C–N with tert-alkyl or cyclic N) is 1. The van der Waals surface area contributed by atoms with Crippen LogP contribution in [0.25, 0.3) is 0 Å². The quantitative estimate of drug-likeness (QED) is 0.308. The first kappa shape index (κ1) is 20.9. The number of nitrogens with one attached hydrogen (secondary N) is 1. The molecule has 0 aromatic heterocycles. The summed E-state index contributed by atoms with van der Waals surface area (Å²) in [4.78, 5) is 50.0. The maximum absolute atomic E-state index is 12.8. The zero-order valence-electron chi connectivity index (χ0n) is 15.0. The summed E-state index contributed by atoms with van der Waals surface area (Å²) >= 11 is 0. The molecule has 0 aliphatic carbocycles. The SMILES string of the molecule is NC(=O)NCCC[C@H](N)C(=O)N1C[C@H](O)C[C@H]1C(=O)N1CCC[C@H]1C(=O)O. The number of primary amides is 1. The molecule has 27 heavy (non-hydrogen) atoms. The van der Waals surface area contributed by atoms with Crippen LogP contribution in [0.4, 0.5) is 4.79 Å². The van der Waals surface area contributed by atoms with Crippen LogP contribution in [-0.4, -0.2) is 87.7 Å². The van der Waals surface area contributed by atoms with Crippen LogP contribution in [0, 0.1) is 0 Å². The number of hydrogen-bond donors (Lipinski definition) is 5. The van der Waals surface area contributed by atoms with Crippen LogP contribution in [0.1, 0.15) is 32.1 Å². The predicted octanol–water partition coefficient (Wildman–Crippen LogP) is -2.20. The molecule has 0 radical (unpaired) electrons. The summed E-state index contributed by atoms with van der Waals surface area (Å²) < 4.78 is 0. The fourth-order valence-corrected chi connectivity index (χ4v) is 3.64. The van der Waals surface area contributed by atoms with Crippen molar-refractivity contribution in [2.45, 2.75) is 56.3 Å². The van der Waals surface area contributed by atoms with E-state index in [1.54, 1.807) is 0 Å². The number of carbonyl (C=O) groups excluding carboxylic acids is 3. The highest BCUT2D eigenvalue weighted by Crippen LogP contribution is 2.26. The Balaban J connectivity index is 1.99. The van der Waals surface area contributed by atoms with Crippen LogP contribution in [-0.2, 0) is 14.4 Å². The lowest BCUT2D eigenvalue weighted by Crippen LogP contribution is -2.54. The summed E-state index contributed by atoms with van der Waals surface area (Å²) in [6, 6.07) is -3.38. The molecule has 0 spiro atoms. The van der Waals surface area contributed by atoms with Crippen LogP contribution in [0.15, 0.2) is 0 Å². The molecule has 0 saturated carbocycles. The molecule has 0 aromatic rings. The van der Waals surface area contributed by atoms with Gasteiger partial charge in [0.25, 0.3) is 0 Å². The summed E-state index contributed by atoms with van der Waals surface area (Å²) in [6.45, 7) is 0.568. The van der Waals surface area contributed by atoms with Gasteiger partial charge in [-0.1, -0.05) is 0 Å². The van der Waals surface area contributed by atoms with E-state index < -0.39 is 48.0 Å². The normalized spacial score (nSPS) is 26.1. The Morgan fingerprint density at radius 2 is 1.89 bits per heavy atom. The molecule has 2 fully saturated rings. The number of carbonyl (C=O) groups is 4. The van der Waals surface area contributed by atoms with Crippen LogP contribution in [0.5, 0.6) is 0 Å². The van der Waals surface area contributed by atoms with Gasteiger partial charge in [0.1, 0.15) is 12.1 Å². The van der Waals surface area contributed by atoms with Crippen molar-refractivity contribution in [2.75, 3.05) is 19.6 Å². The Kier molecular flexibility index (Phi) is 6.97. The molecular weight excluding hydrogens is 358 g/mol. The largest absolute Gasteiger partial charge is 0.480 e. The fourth-order valence-electron chi connectivity index (χ4n) is 3.64. The van der Waals surface area contributed by atoms with Crippen LogP contribution < -0.4 is 16.8 Å². The van der Waals surface area contributed by atoms with E-state index in [2.05, 4.69) is 5.32 Å². The maximum atomic E-state index is 12.8. The monoisotopic (exact) mass is 385 g/mol. The standard InChI is InChI=1S/C16H27N5O6/c17-10(3-1-5-19-16(18)27)13(23)21-8-9(22)7-12(21)14(24)20-6-2-4-11(20)15(25)26/h9-12,22H,1-8,17H2,(H,25,26)(H3,18,19,27)/t9-,10+,11+,12+/m1/s1. The maximum Gasteiger partial charge on any atom is 0.326 e. The van der Waals surface area contributed by atoms with Gasteiger partial charge in [0.15, 0.2) is 0 Å². The number of urea groups is 1. The van der Waals surface area contributed by atoms with E-state index in [4.69, 9.17) is 11.5 Å². The molecule has 11 nitrogen and oxygen atoms in total. The van der Waals surface area contributed by atoms with Gasteiger partial charge in [-0.3, -0.25) is 9.59 Å². The zero-order chi connectivity index (χ0) is 20.1. The van der Waals surface area contributed by atoms with Crippen molar-refractivity contribution in [2.24, 2.45) is 11.5 Å². The third kappa shape index (κ3) is 5.07. The average Bonchev–Trinajstić information content (AvgIpc) is 3.23. The van der Waals surface area contributed by atoms with Crippen molar-refractivity contribution < 1.29 is 29.4 Å². The molecule has 0 aromatic carbocycles. The number of nitrogens with two attached hydrogens (primary N) is 2. The Morgan fingerprint density at radius 3 is 2.52 bits per heavy atom. The van der Waals surface area contributed by atoms with E-state index in [-0.39, 0.29) is 25.9 Å². The molecule has 2 heterocycles. The number of nitrogens with zero attached hydrogens (tertiary/aromatic N) is 2. The van der Waals surface area contributed by atoms with E-state index in [1.165, 1.54) is 9.80 Å². The van der Waals surface area contributed by atoms with Crippen LogP contribution >= 0.6 is 0 Å². The molecular formula is C16H27N5O6. The first-order valence-electron chi connectivity index (χ1n) is 9.03. The number of aliphatic hydroxyl groups is 1. The number of carboxylic acid groups (broad SMARTS) is 1. The second kappa shape index (κ2) is 9.00. The lowest BCUT2D eigenvalue weighted by Gasteiger charge is -2.31. The molecule has 0 unspecified atom stereocenters. The van der Waals surface area contributed by atoms with Gasteiger partial charge in [0.05, 0.1) is 12.1 Å². The number of aliphatic carboxylic acids is 1. The molecule has 4 amide bonds. The zero-order valence-corrected chi connectivity index (χ0v) is 15.0. The molecule has 152 valence electrons. The minimum absolute atomic E-state index is 0.0198. The van der Waals surface area contributed by atoms with Gasteiger partial charge in [-0.05, 0) is 25.7 Å². The number of carboxylic acids is 1. The van der Waals surface area contributed by atoms with E-state index in [1.807, 2.05) is 0 Å². The van der Waals surface area contributed by atoms with Gasteiger partial charge in [-0.25, -0.2) is 9.59 Å².